The monoisotopic (exact) mass is 467 g/mol. The number of hydrogen-bond acceptors (Lipinski definition) is 5. The molecule has 8 bridgehead atoms. The third kappa shape index (κ3) is 2.73. The van der Waals surface area contributed by atoms with Gasteiger partial charge in [0.2, 0.25) is 0 Å². The molecule has 7 rings (SSSR count). The van der Waals surface area contributed by atoms with E-state index < -0.39 is 0 Å². The molecule has 2 N–H and O–H groups in total. The third-order valence-corrected chi connectivity index (χ3v) is 7.26. The second-order valence-electron chi connectivity index (χ2n) is 8.62. The molecule has 6 heterocycles. The first-order chi connectivity index (χ1) is 16.6. The summed E-state index contributed by atoms with van der Waals surface area (Å²) in [4.78, 5) is 18.4. The Labute approximate surface area is 195 Å². The van der Waals surface area contributed by atoms with Crippen molar-refractivity contribution < 1.29 is 4.39 Å². The van der Waals surface area contributed by atoms with Gasteiger partial charge in [0.05, 0.1) is 32.3 Å². The van der Waals surface area contributed by atoms with Crippen LogP contribution in [0.5, 0.6) is 0 Å². The van der Waals surface area contributed by atoms with Crippen LogP contribution in [0.15, 0.2) is 55.0 Å². The summed E-state index contributed by atoms with van der Waals surface area (Å²) >= 11 is 1.64. The van der Waals surface area contributed by atoms with Gasteiger partial charge in [0.15, 0.2) is 5.65 Å². The summed E-state index contributed by atoms with van der Waals surface area (Å²) in [5.74, 6) is -0.337. The van der Waals surface area contributed by atoms with Crippen LogP contribution in [-0.2, 0) is 0 Å². The molecule has 0 saturated heterocycles. The van der Waals surface area contributed by atoms with Crippen molar-refractivity contribution in [2.75, 3.05) is 0 Å². The van der Waals surface area contributed by atoms with Crippen LogP contribution in [-0.4, -0.2) is 34.7 Å². The number of imidazole rings is 1. The maximum atomic E-state index is 15.2. The van der Waals surface area contributed by atoms with Crippen LogP contribution in [0.1, 0.15) is 19.9 Å². The second-order valence-corrected chi connectivity index (χ2v) is 9.69. The second kappa shape index (κ2) is 6.94. The number of pyridine rings is 2. The summed E-state index contributed by atoms with van der Waals surface area (Å²) in [7, 11) is 0. The fourth-order valence-electron chi connectivity index (χ4n) is 4.64. The van der Waals surface area contributed by atoms with Crippen LogP contribution >= 0.6 is 11.3 Å². The molecule has 0 unspecified atom stereocenters. The number of hydrogen-bond donors (Lipinski definition) is 2. The van der Waals surface area contributed by atoms with Gasteiger partial charge in [-0.3, -0.25) is 15.1 Å². The molecule has 0 aliphatic heterocycles. The number of fused-ring (bicyclic) bond motifs is 9. The highest BCUT2D eigenvalue weighted by Crippen LogP contribution is 2.31. The van der Waals surface area contributed by atoms with Crippen molar-refractivity contribution in [2.24, 2.45) is 0 Å². The fraction of sp³-hybridized carbons (Fsp3) is 0.120. The number of nitrogens with one attached hydrogen (secondary N) is 2. The number of H-pyrrole nitrogens is 2. The van der Waals surface area contributed by atoms with Crippen molar-refractivity contribution in [3.05, 3.63) is 60.8 Å². The van der Waals surface area contributed by atoms with Crippen molar-refractivity contribution in [1.29, 1.82) is 0 Å². The number of thiophene rings is 1. The first-order valence-corrected chi connectivity index (χ1v) is 11.8. The predicted octanol–water partition coefficient (Wildman–Crippen LogP) is 6.55. The number of aromatic amines is 2. The number of nitrogens with zero attached hydrogens (tertiary/aromatic N) is 5. The zero-order valence-electron chi connectivity index (χ0n) is 18.3. The maximum Gasteiger partial charge on any atom is 0.159 e. The molecule has 9 heteroatoms. The summed E-state index contributed by atoms with van der Waals surface area (Å²) in [6, 6.07) is 11.5. The number of aromatic nitrogens is 7. The standard InChI is InChI=1S/C25H18FN7S/c1-12(2)33-14-7-13(10-27-11-14)15-8-16-19(9-17(15)26)31-32-22(16)25-29-18-5-6-28-24(23(18)30-25)20-3-4-21(33)34-20/h3-12H,1-2H3,(H,29,30)(H,31,32). The molecule has 0 radical (unpaired) electrons. The summed E-state index contributed by atoms with van der Waals surface area (Å²) in [5, 5.41) is 9.36. The highest BCUT2D eigenvalue weighted by Gasteiger charge is 2.13. The van der Waals surface area contributed by atoms with Gasteiger partial charge in [0, 0.05) is 40.7 Å². The van der Waals surface area contributed by atoms with Crippen molar-refractivity contribution in [3.63, 3.8) is 0 Å². The molecule has 34 heavy (non-hydrogen) atoms. The molecule has 6 aromatic heterocycles. The molecule has 0 fully saturated rings. The van der Waals surface area contributed by atoms with E-state index in [1.165, 1.54) is 6.07 Å². The minimum atomic E-state index is -0.337. The lowest BCUT2D eigenvalue weighted by molar-refractivity contribution is 0.640. The van der Waals surface area contributed by atoms with Crippen LogP contribution in [0.2, 0.25) is 0 Å². The predicted molar refractivity (Wildman–Crippen MR) is 135 cm³/mol. The Hall–Kier alpha value is -4.11. The Morgan fingerprint density at radius 2 is 1.88 bits per heavy atom. The molecule has 0 aliphatic rings. The number of benzene rings is 1. The molecule has 0 amide bonds. The van der Waals surface area contributed by atoms with Crippen LogP contribution in [0.3, 0.4) is 0 Å². The molecule has 0 atom stereocenters. The van der Waals surface area contributed by atoms with Crippen LogP contribution < -0.4 is 0 Å². The minimum absolute atomic E-state index is 0.160. The fourth-order valence-corrected chi connectivity index (χ4v) is 5.80. The maximum absolute atomic E-state index is 15.2. The average Bonchev–Trinajstić information content (AvgIpc) is 3.55. The van der Waals surface area contributed by atoms with E-state index in [2.05, 4.69) is 55.7 Å². The lowest BCUT2D eigenvalue weighted by Crippen LogP contribution is -2.01. The van der Waals surface area contributed by atoms with Crippen molar-refractivity contribution in [3.8, 4) is 0 Å². The first-order valence-electron chi connectivity index (χ1n) is 10.9. The van der Waals surface area contributed by atoms with E-state index in [0.29, 0.717) is 27.5 Å². The van der Waals surface area contributed by atoms with Crippen LogP contribution in [0.4, 0.5) is 4.39 Å². The average molecular weight is 468 g/mol. The number of halogens is 1. The Morgan fingerprint density at radius 1 is 0.971 bits per heavy atom. The van der Waals surface area contributed by atoms with Gasteiger partial charge in [-0.25, -0.2) is 9.37 Å². The summed E-state index contributed by atoms with van der Waals surface area (Å²) in [6.45, 7) is 4.26. The smallest absolute Gasteiger partial charge is 0.159 e. The zero-order valence-corrected chi connectivity index (χ0v) is 19.1. The lowest BCUT2D eigenvalue weighted by atomic mass is 10.1. The van der Waals surface area contributed by atoms with E-state index >= 15 is 4.39 Å². The normalized spacial score (nSPS) is 12.2. The van der Waals surface area contributed by atoms with Gasteiger partial charge >= 0.3 is 0 Å². The van der Waals surface area contributed by atoms with Crippen molar-refractivity contribution in [1.82, 2.24) is 34.7 Å². The third-order valence-electron chi connectivity index (χ3n) is 6.17. The van der Waals surface area contributed by atoms with E-state index in [1.54, 1.807) is 23.7 Å². The molecule has 0 spiro atoms. The van der Waals surface area contributed by atoms with Gasteiger partial charge in [-0.15, -0.1) is 11.3 Å². The van der Waals surface area contributed by atoms with Gasteiger partial charge in [-0.05, 0) is 44.2 Å². The Bertz CT molecular complexity index is 1970. The zero-order chi connectivity index (χ0) is 23.0. The topological polar surface area (TPSA) is 88.1 Å². The quantitative estimate of drug-likeness (QED) is 0.287. The number of rotatable bonds is 1. The van der Waals surface area contributed by atoms with Crippen molar-refractivity contribution in [2.45, 2.75) is 19.9 Å². The summed E-state index contributed by atoms with van der Waals surface area (Å²) in [6.07, 6.45) is 5.30. The minimum Gasteiger partial charge on any atom is -0.336 e. The molecule has 166 valence electrons. The van der Waals surface area contributed by atoms with E-state index in [4.69, 9.17) is 4.98 Å². The first kappa shape index (κ1) is 19.4. The van der Waals surface area contributed by atoms with Crippen LogP contribution in [0, 0.1) is 5.82 Å². The lowest BCUT2D eigenvalue weighted by Gasteiger charge is -2.12. The van der Waals surface area contributed by atoms with E-state index in [0.717, 1.165) is 37.0 Å². The van der Waals surface area contributed by atoms with Crippen molar-refractivity contribution >= 4 is 75.8 Å². The molecule has 7 nitrogen and oxygen atoms in total. The Balaban J connectivity index is 1.81. The highest BCUT2D eigenvalue weighted by atomic mass is 32.1. The Morgan fingerprint density at radius 3 is 2.76 bits per heavy atom. The van der Waals surface area contributed by atoms with Gasteiger partial charge in [-0.1, -0.05) is 0 Å². The molecular formula is C25H18FN7S. The molecule has 1 aromatic carbocycles. The van der Waals surface area contributed by atoms with Gasteiger partial charge in [-0.2, -0.15) is 5.10 Å². The molecule has 0 saturated carbocycles. The molecule has 7 aromatic rings. The highest BCUT2D eigenvalue weighted by molar-refractivity contribution is 7.23. The van der Waals surface area contributed by atoms with Gasteiger partial charge in [0.1, 0.15) is 22.4 Å². The largest absolute Gasteiger partial charge is 0.336 e. The SMILES string of the molecule is CC(C)n1c2cncc(c2)c2cc3c(cc2F)[nH]nc3c2nc3c(ccnc3c3ccc1s3)[nH]2. The van der Waals surface area contributed by atoms with E-state index in [9.17, 15) is 0 Å². The summed E-state index contributed by atoms with van der Waals surface area (Å²) < 4.78 is 18.5. The summed E-state index contributed by atoms with van der Waals surface area (Å²) in [5.41, 5.74) is 5.20. The molecular weight excluding hydrogens is 449 g/mol. The molecule has 0 aliphatic carbocycles. The van der Waals surface area contributed by atoms with E-state index in [-0.39, 0.29) is 11.9 Å². The van der Waals surface area contributed by atoms with Crippen LogP contribution in [0.25, 0.3) is 64.4 Å². The van der Waals surface area contributed by atoms with E-state index in [1.807, 2.05) is 24.4 Å². The van der Waals surface area contributed by atoms with Gasteiger partial charge in [0.25, 0.3) is 0 Å². The Kier molecular flexibility index (Phi) is 3.96. The van der Waals surface area contributed by atoms with Gasteiger partial charge < -0.3 is 9.55 Å².